The molecule has 0 saturated carbocycles. The topological polar surface area (TPSA) is 54.3 Å². The number of nitrogens with zero attached hydrogens (tertiary/aromatic N) is 2. The molecule has 0 aliphatic rings. The molecule has 0 aromatic carbocycles. The van der Waals surface area contributed by atoms with Crippen molar-refractivity contribution in [2.75, 3.05) is 26.2 Å². The van der Waals surface area contributed by atoms with Crippen LogP contribution in [0, 0.1) is 0 Å². The van der Waals surface area contributed by atoms with Crippen LogP contribution in [-0.4, -0.2) is 41.6 Å². The summed E-state index contributed by atoms with van der Waals surface area (Å²) in [6, 6.07) is 4.85. The average molecular weight is 251 g/mol. The molecular formula is C13H21N3O2. The summed E-state index contributed by atoms with van der Waals surface area (Å²) in [5.74, 6) is -0.129. The minimum absolute atomic E-state index is 0.0813. The first-order valence-electron chi connectivity index (χ1n) is 6.31. The summed E-state index contributed by atoms with van der Waals surface area (Å²) in [5.41, 5.74) is -0.156. The molecule has 0 saturated heterocycles. The van der Waals surface area contributed by atoms with Crippen LogP contribution in [0.3, 0.4) is 0 Å². The molecule has 0 spiro atoms. The van der Waals surface area contributed by atoms with Gasteiger partial charge in [0, 0.05) is 25.4 Å². The van der Waals surface area contributed by atoms with E-state index in [1.165, 1.54) is 10.6 Å². The van der Waals surface area contributed by atoms with E-state index in [0.29, 0.717) is 6.54 Å². The van der Waals surface area contributed by atoms with Crippen LogP contribution in [0.5, 0.6) is 0 Å². The summed E-state index contributed by atoms with van der Waals surface area (Å²) >= 11 is 0. The first kappa shape index (κ1) is 14.4. The highest BCUT2D eigenvalue weighted by Gasteiger charge is 2.04. The highest BCUT2D eigenvalue weighted by Crippen LogP contribution is 1.85. The molecule has 1 N–H and O–H groups in total. The van der Waals surface area contributed by atoms with Crippen LogP contribution in [0.4, 0.5) is 0 Å². The van der Waals surface area contributed by atoms with Gasteiger partial charge in [-0.3, -0.25) is 9.59 Å². The molecule has 0 atom stereocenters. The zero-order valence-electron chi connectivity index (χ0n) is 11.1. The van der Waals surface area contributed by atoms with Crippen molar-refractivity contribution in [3.8, 4) is 0 Å². The normalized spacial score (nSPS) is 10.6. The number of amides is 1. The molecule has 0 bridgehead atoms. The van der Waals surface area contributed by atoms with Crippen molar-refractivity contribution in [1.29, 1.82) is 0 Å². The quantitative estimate of drug-likeness (QED) is 0.758. The summed E-state index contributed by atoms with van der Waals surface area (Å²) < 4.78 is 1.40. The lowest BCUT2D eigenvalue weighted by molar-refractivity contribution is -0.121. The van der Waals surface area contributed by atoms with Crippen molar-refractivity contribution in [2.24, 2.45) is 0 Å². The second-order valence-corrected chi connectivity index (χ2v) is 4.04. The van der Waals surface area contributed by atoms with Gasteiger partial charge in [0.2, 0.25) is 5.91 Å². The van der Waals surface area contributed by atoms with Crippen molar-refractivity contribution < 1.29 is 4.79 Å². The van der Waals surface area contributed by atoms with Gasteiger partial charge >= 0.3 is 0 Å². The SMILES string of the molecule is CCN(CC)CCNC(=O)Cn1ccccc1=O. The Kier molecular flexibility index (Phi) is 6.14. The third kappa shape index (κ3) is 4.71. The van der Waals surface area contributed by atoms with Gasteiger partial charge in [-0.15, -0.1) is 0 Å². The Hall–Kier alpha value is -1.62. The van der Waals surface area contributed by atoms with E-state index in [9.17, 15) is 9.59 Å². The Balaban J connectivity index is 2.34. The Bertz CT molecular complexity index is 424. The fourth-order valence-electron chi connectivity index (χ4n) is 1.70. The van der Waals surface area contributed by atoms with Crippen molar-refractivity contribution in [1.82, 2.24) is 14.8 Å². The highest BCUT2D eigenvalue weighted by molar-refractivity contribution is 5.75. The number of rotatable bonds is 7. The van der Waals surface area contributed by atoms with Gasteiger partial charge in [0.15, 0.2) is 0 Å². The number of carbonyl (C=O) groups is 1. The predicted octanol–water partition coefficient (Wildman–Crippen LogP) is 0.306. The first-order valence-corrected chi connectivity index (χ1v) is 6.31. The maximum Gasteiger partial charge on any atom is 0.250 e. The van der Waals surface area contributed by atoms with E-state index in [1.54, 1.807) is 18.3 Å². The van der Waals surface area contributed by atoms with E-state index in [1.807, 2.05) is 0 Å². The van der Waals surface area contributed by atoms with Gasteiger partial charge < -0.3 is 14.8 Å². The van der Waals surface area contributed by atoms with Gasteiger partial charge in [0.1, 0.15) is 6.54 Å². The minimum Gasteiger partial charge on any atom is -0.353 e. The molecule has 1 aromatic rings. The largest absolute Gasteiger partial charge is 0.353 e. The molecule has 1 heterocycles. The third-order valence-electron chi connectivity index (χ3n) is 2.86. The number of aromatic nitrogens is 1. The molecule has 0 aliphatic carbocycles. The fourth-order valence-corrected chi connectivity index (χ4v) is 1.70. The van der Waals surface area contributed by atoms with E-state index in [0.717, 1.165) is 19.6 Å². The number of likely N-dealkylation sites (N-methyl/N-ethyl adjacent to an activating group) is 1. The number of hydrogen-bond donors (Lipinski definition) is 1. The third-order valence-corrected chi connectivity index (χ3v) is 2.86. The van der Waals surface area contributed by atoms with Crippen molar-refractivity contribution in [2.45, 2.75) is 20.4 Å². The van der Waals surface area contributed by atoms with Crippen LogP contribution in [0.2, 0.25) is 0 Å². The smallest absolute Gasteiger partial charge is 0.250 e. The van der Waals surface area contributed by atoms with Gasteiger partial charge in [-0.05, 0) is 19.2 Å². The van der Waals surface area contributed by atoms with Gasteiger partial charge in [0.25, 0.3) is 5.56 Å². The maximum absolute atomic E-state index is 11.6. The second-order valence-electron chi connectivity index (χ2n) is 4.04. The monoisotopic (exact) mass is 251 g/mol. The summed E-state index contributed by atoms with van der Waals surface area (Å²) in [4.78, 5) is 25.3. The first-order chi connectivity index (χ1) is 8.67. The number of pyridine rings is 1. The average Bonchev–Trinajstić information content (AvgIpc) is 2.37. The van der Waals surface area contributed by atoms with E-state index >= 15 is 0 Å². The summed E-state index contributed by atoms with van der Waals surface area (Å²) in [6.07, 6.45) is 1.62. The van der Waals surface area contributed by atoms with Crippen LogP contribution >= 0.6 is 0 Å². The van der Waals surface area contributed by atoms with Crippen molar-refractivity contribution in [3.63, 3.8) is 0 Å². The van der Waals surface area contributed by atoms with Crippen LogP contribution < -0.4 is 10.9 Å². The summed E-state index contributed by atoms with van der Waals surface area (Å²) in [6.45, 7) is 7.67. The molecule has 5 heteroatoms. The minimum atomic E-state index is -0.156. The lowest BCUT2D eigenvalue weighted by Gasteiger charge is -2.18. The predicted molar refractivity (Wildman–Crippen MR) is 71.5 cm³/mol. The highest BCUT2D eigenvalue weighted by atomic mass is 16.2. The Morgan fingerprint density at radius 2 is 2.06 bits per heavy atom. The number of hydrogen-bond acceptors (Lipinski definition) is 3. The van der Waals surface area contributed by atoms with E-state index in [4.69, 9.17) is 0 Å². The van der Waals surface area contributed by atoms with Crippen LogP contribution in [0.25, 0.3) is 0 Å². The summed E-state index contributed by atoms with van der Waals surface area (Å²) in [5, 5.41) is 2.82. The van der Waals surface area contributed by atoms with Crippen LogP contribution in [0.15, 0.2) is 29.2 Å². The van der Waals surface area contributed by atoms with Crippen LogP contribution in [-0.2, 0) is 11.3 Å². The van der Waals surface area contributed by atoms with E-state index in [-0.39, 0.29) is 18.0 Å². The fraction of sp³-hybridized carbons (Fsp3) is 0.538. The Labute approximate surface area is 107 Å². The summed E-state index contributed by atoms with van der Waals surface area (Å²) in [7, 11) is 0. The molecule has 100 valence electrons. The lowest BCUT2D eigenvalue weighted by atomic mass is 10.4. The molecule has 18 heavy (non-hydrogen) atoms. The second kappa shape index (κ2) is 7.66. The van der Waals surface area contributed by atoms with E-state index < -0.39 is 0 Å². The van der Waals surface area contributed by atoms with E-state index in [2.05, 4.69) is 24.1 Å². The number of nitrogens with one attached hydrogen (secondary N) is 1. The van der Waals surface area contributed by atoms with Crippen molar-refractivity contribution >= 4 is 5.91 Å². The molecular weight excluding hydrogens is 230 g/mol. The molecule has 1 rings (SSSR count). The molecule has 0 aliphatic heterocycles. The van der Waals surface area contributed by atoms with Crippen molar-refractivity contribution in [3.05, 3.63) is 34.7 Å². The zero-order valence-corrected chi connectivity index (χ0v) is 11.1. The standard InChI is InChI=1S/C13H21N3O2/c1-3-15(4-2)10-8-14-12(17)11-16-9-6-5-7-13(16)18/h5-7,9H,3-4,8,10-11H2,1-2H3,(H,14,17). The van der Waals surface area contributed by atoms with Gasteiger partial charge in [-0.1, -0.05) is 19.9 Å². The van der Waals surface area contributed by atoms with Gasteiger partial charge in [0.05, 0.1) is 0 Å². The Morgan fingerprint density at radius 3 is 2.67 bits per heavy atom. The number of carbonyl (C=O) groups excluding carboxylic acids is 1. The van der Waals surface area contributed by atoms with Gasteiger partial charge in [-0.25, -0.2) is 0 Å². The van der Waals surface area contributed by atoms with Gasteiger partial charge in [-0.2, -0.15) is 0 Å². The molecule has 1 aromatic heterocycles. The lowest BCUT2D eigenvalue weighted by Crippen LogP contribution is -2.37. The zero-order chi connectivity index (χ0) is 13.4. The Morgan fingerprint density at radius 1 is 1.33 bits per heavy atom. The molecule has 0 radical (unpaired) electrons. The molecule has 0 unspecified atom stereocenters. The van der Waals surface area contributed by atoms with Crippen LogP contribution in [0.1, 0.15) is 13.8 Å². The molecule has 0 fully saturated rings. The molecule has 1 amide bonds. The molecule has 5 nitrogen and oxygen atoms in total. The maximum atomic E-state index is 11.6.